The summed E-state index contributed by atoms with van der Waals surface area (Å²) < 4.78 is 37.3. The van der Waals surface area contributed by atoms with Crippen molar-refractivity contribution in [3.05, 3.63) is 54.6 Å². The topological polar surface area (TPSA) is 107 Å². The molecule has 0 amide bonds. The SMILES string of the molecule is COc1ccc(S(=O)(=O)NCc2nnc(-c3ccccn3)o2)cc1. The number of nitrogens with one attached hydrogen (secondary N) is 1. The van der Waals surface area contributed by atoms with E-state index in [2.05, 4.69) is 19.9 Å². The Labute approximate surface area is 138 Å². The van der Waals surface area contributed by atoms with Crippen LogP contribution in [0.3, 0.4) is 0 Å². The lowest BCUT2D eigenvalue weighted by Crippen LogP contribution is -2.23. The zero-order chi connectivity index (χ0) is 17.0. The first-order valence-electron chi connectivity index (χ1n) is 6.96. The van der Waals surface area contributed by atoms with Gasteiger partial charge in [0, 0.05) is 6.20 Å². The molecule has 1 N–H and O–H groups in total. The Morgan fingerprint density at radius 1 is 1.12 bits per heavy atom. The van der Waals surface area contributed by atoms with Gasteiger partial charge in [0.15, 0.2) is 0 Å². The molecule has 0 radical (unpaired) electrons. The third kappa shape index (κ3) is 3.58. The first kappa shape index (κ1) is 16.1. The fraction of sp³-hybridized carbons (Fsp3) is 0.133. The van der Waals surface area contributed by atoms with Gasteiger partial charge in [-0.1, -0.05) is 6.07 Å². The smallest absolute Gasteiger partial charge is 0.266 e. The van der Waals surface area contributed by atoms with E-state index in [9.17, 15) is 8.42 Å². The van der Waals surface area contributed by atoms with Crippen LogP contribution in [0.5, 0.6) is 5.75 Å². The summed E-state index contributed by atoms with van der Waals surface area (Å²) in [6.45, 7) is -0.117. The maximum Gasteiger partial charge on any atom is 0.266 e. The maximum atomic E-state index is 12.2. The summed E-state index contributed by atoms with van der Waals surface area (Å²) in [5.74, 6) is 0.952. The zero-order valence-corrected chi connectivity index (χ0v) is 13.5. The minimum absolute atomic E-state index is 0.117. The average Bonchev–Trinajstić information content (AvgIpc) is 3.10. The molecule has 1 aromatic carbocycles. The minimum atomic E-state index is -3.69. The van der Waals surface area contributed by atoms with Crippen LogP contribution in [0.2, 0.25) is 0 Å². The molecule has 8 nitrogen and oxygen atoms in total. The van der Waals surface area contributed by atoms with Crippen molar-refractivity contribution in [1.82, 2.24) is 19.9 Å². The summed E-state index contributed by atoms with van der Waals surface area (Å²) in [5, 5.41) is 7.67. The molecule has 124 valence electrons. The molecule has 0 unspecified atom stereocenters. The van der Waals surface area contributed by atoms with Gasteiger partial charge in [0.25, 0.3) is 5.89 Å². The number of benzene rings is 1. The molecule has 0 saturated heterocycles. The fourth-order valence-electron chi connectivity index (χ4n) is 1.91. The lowest BCUT2D eigenvalue weighted by Gasteiger charge is -2.05. The number of nitrogens with zero attached hydrogens (tertiary/aromatic N) is 3. The Bertz CT molecular complexity index is 908. The quantitative estimate of drug-likeness (QED) is 0.722. The number of hydrogen-bond donors (Lipinski definition) is 1. The van der Waals surface area contributed by atoms with Crippen LogP contribution in [0.4, 0.5) is 0 Å². The van der Waals surface area contributed by atoms with Crippen LogP contribution in [0.1, 0.15) is 5.89 Å². The normalized spacial score (nSPS) is 11.4. The standard InChI is InChI=1S/C15H14N4O4S/c1-22-11-5-7-12(8-6-11)24(20,21)17-10-14-18-19-15(23-14)13-4-2-3-9-16-13/h2-9,17H,10H2,1H3. The number of rotatable bonds is 6. The third-order valence-corrected chi connectivity index (χ3v) is 4.55. The van der Waals surface area contributed by atoms with E-state index in [0.717, 1.165) is 0 Å². The molecular formula is C15H14N4O4S. The monoisotopic (exact) mass is 346 g/mol. The molecule has 0 spiro atoms. The van der Waals surface area contributed by atoms with Crippen molar-refractivity contribution in [1.29, 1.82) is 0 Å². The Morgan fingerprint density at radius 2 is 1.92 bits per heavy atom. The predicted molar refractivity (Wildman–Crippen MR) is 84.5 cm³/mol. The second-order valence-electron chi connectivity index (χ2n) is 4.72. The molecule has 0 atom stereocenters. The Hall–Kier alpha value is -2.78. The van der Waals surface area contributed by atoms with Crippen molar-refractivity contribution in [2.24, 2.45) is 0 Å². The summed E-state index contributed by atoms with van der Waals surface area (Å²) in [5.41, 5.74) is 0.522. The molecule has 0 bridgehead atoms. The van der Waals surface area contributed by atoms with Gasteiger partial charge in [-0.15, -0.1) is 10.2 Å². The van der Waals surface area contributed by atoms with E-state index in [-0.39, 0.29) is 23.2 Å². The Balaban J connectivity index is 1.69. The van der Waals surface area contributed by atoms with Gasteiger partial charge >= 0.3 is 0 Å². The van der Waals surface area contributed by atoms with Crippen LogP contribution < -0.4 is 9.46 Å². The fourth-order valence-corrected chi connectivity index (χ4v) is 2.89. The van der Waals surface area contributed by atoms with E-state index < -0.39 is 10.0 Å². The number of pyridine rings is 1. The van der Waals surface area contributed by atoms with Crippen molar-refractivity contribution in [2.45, 2.75) is 11.4 Å². The van der Waals surface area contributed by atoms with Gasteiger partial charge in [0.1, 0.15) is 11.4 Å². The van der Waals surface area contributed by atoms with Crippen LogP contribution in [0, 0.1) is 0 Å². The van der Waals surface area contributed by atoms with Gasteiger partial charge in [-0.3, -0.25) is 4.98 Å². The summed E-state index contributed by atoms with van der Waals surface area (Å²) in [6, 6.07) is 11.3. The molecule has 2 aromatic heterocycles. The molecule has 0 saturated carbocycles. The van der Waals surface area contributed by atoms with Gasteiger partial charge in [0.2, 0.25) is 15.9 Å². The van der Waals surface area contributed by atoms with Crippen molar-refractivity contribution >= 4 is 10.0 Å². The molecular weight excluding hydrogens is 332 g/mol. The van der Waals surface area contributed by atoms with Gasteiger partial charge in [-0.25, -0.2) is 13.1 Å². The summed E-state index contributed by atoms with van der Waals surface area (Å²) >= 11 is 0. The van der Waals surface area contributed by atoms with E-state index in [0.29, 0.717) is 11.4 Å². The molecule has 24 heavy (non-hydrogen) atoms. The number of hydrogen-bond acceptors (Lipinski definition) is 7. The Morgan fingerprint density at radius 3 is 2.58 bits per heavy atom. The van der Waals surface area contributed by atoms with Crippen LogP contribution in [-0.4, -0.2) is 30.7 Å². The largest absolute Gasteiger partial charge is 0.497 e. The van der Waals surface area contributed by atoms with Crippen molar-refractivity contribution in [3.8, 4) is 17.3 Å². The van der Waals surface area contributed by atoms with Crippen LogP contribution in [-0.2, 0) is 16.6 Å². The highest BCUT2D eigenvalue weighted by Crippen LogP contribution is 2.17. The highest BCUT2D eigenvalue weighted by molar-refractivity contribution is 7.89. The van der Waals surface area contributed by atoms with Crippen molar-refractivity contribution in [3.63, 3.8) is 0 Å². The minimum Gasteiger partial charge on any atom is -0.497 e. The zero-order valence-electron chi connectivity index (χ0n) is 12.7. The first-order chi connectivity index (χ1) is 11.6. The highest BCUT2D eigenvalue weighted by Gasteiger charge is 2.16. The van der Waals surface area contributed by atoms with Gasteiger partial charge in [-0.2, -0.15) is 0 Å². The summed E-state index contributed by atoms with van der Waals surface area (Å²) in [7, 11) is -2.18. The maximum absolute atomic E-state index is 12.2. The molecule has 3 aromatic rings. The summed E-state index contributed by atoms with van der Waals surface area (Å²) in [6.07, 6.45) is 1.60. The number of methoxy groups -OCH3 is 1. The van der Waals surface area contributed by atoms with E-state index >= 15 is 0 Å². The molecule has 0 aliphatic rings. The van der Waals surface area contributed by atoms with E-state index in [1.54, 1.807) is 36.5 Å². The van der Waals surface area contributed by atoms with E-state index in [1.807, 2.05) is 0 Å². The van der Waals surface area contributed by atoms with Gasteiger partial charge in [0.05, 0.1) is 18.6 Å². The predicted octanol–water partition coefficient (Wildman–Crippen LogP) is 1.62. The van der Waals surface area contributed by atoms with Crippen molar-refractivity contribution < 1.29 is 17.6 Å². The van der Waals surface area contributed by atoms with Crippen LogP contribution in [0.15, 0.2) is 58.0 Å². The van der Waals surface area contributed by atoms with Gasteiger partial charge < -0.3 is 9.15 Å². The van der Waals surface area contributed by atoms with Crippen LogP contribution >= 0.6 is 0 Å². The molecule has 9 heteroatoms. The average molecular weight is 346 g/mol. The van der Waals surface area contributed by atoms with Gasteiger partial charge in [-0.05, 0) is 36.4 Å². The molecule has 0 aliphatic heterocycles. The van der Waals surface area contributed by atoms with Crippen LogP contribution in [0.25, 0.3) is 11.6 Å². The molecule has 0 aliphatic carbocycles. The second-order valence-corrected chi connectivity index (χ2v) is 6.48. The van der Waals surface area contributed by atoms with E-state index in [4.69, 9.17) is 9.15 Å². The number of sulfonamides is 1. The van der Waals surface area contributed by atoms with Crippen molar-refractivity contribution in [2.75, 3.05) is 7.11 Å². The van der Waals surface area contributed by atoms with E-state index in [1.165, 1.54) is 19.2 Å². The lowest BCUT2D eigenvalue weighted by atomic mass is 10.3. The highest BCUT2D eigenvalue weighted by atomic mass is 32.2. The molecule has 2 heterocycles. The lowest BCUT2D eigenvalue weighted by molar-refractivity contribution is 0.414. The Kier molecular flexibility index (Phi) is 4.54. The molecule has 3 rings (SSSR count). The first-order valence-corrected chi connectivity index (χ1v) is 8.44. The number of ether oxygens (including phenoxy) is 1. The number of aromatic nitrogens is 3. The third-order valence-electron chi connectivity index (χ3n) is 3.13. The molecule has 0 fully saturated rings. The second kappa shape index (κ2) is 6.77. The summed E-state index contributed by atoms with van der Waals surface area (Å²) in [4.78, 5) is 4.21.